The Balaban J connectivity index is 1.33. The average molecular weight is 370 g/mol. The van der Waals surface area contributed by atoms with Crippen molar-refractivity contribution in [3.8, 4) is 11.3 Å². The van der Waals surface area contributed by atoms with E-state index in [0.29, 0.717) is 17.3 Å². The summed E-state index contributed by atoms with van der Waals surface area (Å²) >= 11 is 5.89. The molecule has 2 unspecified atom stereocenters. The van der Waals surface area contributed by atoms with Crippen LogP contribution in [0.1, 0.15) is 23.7 Å². The third-order valence-corrected chi connectivity index (χ3v) is 4.90. The average Bonchev–Trinajstić information content (AvgIpc) is 3.31. The summed E-state index contributed by atoms with van der Waals surface area (Å²) in [6.45, 7) is 0.346. The summed E-state index contributed by atoms with van der Waals surface area (Å²) in [7, 11) is 0. The molecule has 2 atom stereocenters. The molecular weight excluding hydrogens is 353 g/mol. The SMILES string of the molecule is O=C(NCc1ccc(-c2ccc(Cl)cc2)o1)C1CC1c1ccc(F)cc1. The number of halogens is 2. The van der Waals surface area contributed by atoms with Crippen LogP contribution in [0.5, 0.6) is 0 Å². The van der Waals surface area contributed by atoms with Crippen LogP contribution >= 0.6 is 11.6 Å². The maximum atomic E-state index is 13.0. The predicted molar refractivity (Wildman–Crippen MR) is 98.2 cm³/mol. The molecule has 3 nitrogen and oxygen atoms in total. The Hall–Kier alpha value is -2.59. The van der Waals surface area contributed by atoms with E-state index in [9.17, 15) is 9.18 Å². The third-order valence-electron chi connectivity index (χ3n) is 4.65. The number of benzene rings is 2. The van der Waals surface area contributed by atoms with Gasteiger partial charge in [0.05, 0.1) is 6.54 Å². The number of hydrogen-bond donors (Lipinski definition) is 1. The fourth-order valence-electron chi connectivity index (χ4n) is 3.11. The van der Waals surface area contributed by atoms with Crippen molar-refractivity contribution >= 4 is 17.5 Å². The molecule has 1 aliphatic rings. The van der Waals surface area contributed by atoms with Gasteiger partial charge in [0.25, 0.3) is 0 Å². The number of carbonyl (C=O) groups is 1. The van der Waals surface area contributed by atoms with Gasteiger partial charge in [-0.05, 0) is 66.4 Å². The lowest BCUT2D eigenvalue weighted by molar-refractivity contribution is -0.122. The van der Waals surface area contributed by atoms with Gasteiger partial charge >= 0.3 is 0 Å². The third kappa shape index (κ3) is 3.65. The Morgan fingerprint density at radius 2 is 1.81 bits per heavy atom. The van der Waals surface area contributed by atoms with Crippen molar-refractivity contribution < 1.29 is 13.6 Å². The molecule has 1 fully saturated rings. The van der Waals surface area contributed by atoms with Crippen LogP contribution in [0.25, 0.3) is 11.3 Å². The van der Waals surface area contributed by atoms with E-state index in [1.807, 2.05) is 36.4 Å². The predicted octanol–water partition coefficient (Wildman–Crippen LogP) is 5.16. The molecule has 4 rings (SSSR count). The lowest BCUT2D eigenvalue weighted by Crippen LogP contribution is -2.24. The zero-order chi connectivity index (χ0) is 18.1. The summed E-state index contributed by atoms with van der Waals surface area (Å²) < 4.78 is 18.8. The van der Waals surface area contributed by atoms with Gasteiger partial charge in [0.1, 0.15) is 17.3 Å². The second-order valence-electron chi connectivity index (χ2n) is 6.49. The van der Waals surface area contributed by atoms with Gasteiger partial charge in [-0.3, -0.25) is 4.79 Å². The molecule has 26 heavy (non-hydrogen) atoms. The van der Waals surface area contributed by atoms with Crippen molar-refractivity contribution in [3.05, 3.63) is 82.8 Å². The minimum atomic E-state index is -0.260. The smallest absolute Gasteiger partial charge is 0.224 e. The van der Waals surface area contributed by atoms with Crippen molar-refractivity contribution in [2.75, 3.05) is 0 Å². The molecule has 2 aromatic carbocycles. The Morgan fingerprint density at radius 1 is 1.08 bits per heavy atom. The number of rotatable bonds is 5. The first-order valence-electron chi connectivity index (χ1n) is 8.48. The summed E-state index contributed by atoms with van der Waals surface area (Å²) in [4.78, 5) is 12.3. The molecule has 1 N–H and O–H groups in total. The maximum absolute atomic E-state index is 13.0. The molecule has 0 spiro atoms. The van der Waals surface area contributed by atoms with E-state index in [1.54, 1.807) is 12.1 Å². The van der Waals surface area contributed by atoms with Crippen LogP contribution < -0.4 is 5.32 Å². The van der Waals surface area contributed by atoms with Gasteiger partial charge < -0.3 is 9.73 Å². The fraction of sp³-hybridized carbons (Fsp3) is 0.190. The molecule has 1 amide bonds. The maximum Gasteiger partial charge on any atom is 0.224 e. The first-order chi connectivity index (χ1) is 12.6. The van der Waals surface area contributed by atoms with Crippen molar-refractivity contribution in [1.29, 1.82) is 0 Å². The zero-order valence-corrected chi connectivity index (χ0v) is 14.7. The standard InChI is InChI=1S/C21H17ClFNO2/c22-15-5-1-14(2-6-15)20-10-9-17(26-20)12-24-21(25)19-11-18(19)13-3-7-16(23)8-4-13/h1-10,18-19H,11-12H2,(H,24,25). The molecular formula is C21H17ClFNO2. The minimum Gasteiger partial charge on any atom is -0.459 e. The molecule has 1 aliphatic carbocycles. The van der Waals surface area contributed by atoms with Crippen molar-refractivity contribution in [2.24, 2.45) is 5.92 Å². The highest BCUT2D eigenvalue weighted by atomic mass is 35.5. The van der Waals surface area contributed by atoms with Gasteiger partial charge in [-0.2, -0.15) is 0 Å². The van der Waals surface area contributed by atoms with E-state index in [-0.39, 0.29) is 23.6 Å². The van der Waals surface area contributed by atoms with Gasteiger partial charge in [-0.15, -0.1) is 0 Å². The normalized spacial score (nSPS) is 18.5. The number of hydrogen-bond acceptors (Lipinski definition) is 2. The first-order valence-corrected chi connectivity index (χ1v) is 8.86. The molecule has 5 heteroatoms. The Labute approximate surface area is 155 Å². The summed E-state index contributed by atoms with van der Waals surface area (Å²) in [6, 6.07) is 17.5. The molecule has 0 bridgehead atoms. The van der Waals surface area contributed by atoms with Crippen LogP contribution in [0.3, 0.4) is 0 Å². The number of nitrogens with one attached hydrogen (secondary N) is 1. The quantitative estimate of drug-likeness (QED) is 0.675. The van der Waals surface area contributed by atoms with E-state index < -0.39 is 0 Å². The van der Waals surface area contributed by atoms with Gasteiger partial charge in [0.2, 0.25) is 5.91 Å². The number of carbonyl (C=O) groups excluding carboxylic acids is 1. The van der Waals surface area contributed by atoms with Gasteiger partial charge in [-0.25, -0.2) is 4.39 Å². The Kier molecular flexibility index (Phi) is 4.51. The van der Waals surface area contributed by atoms with Crippen LogP contribution in [0.2, 0.25) is 5.02 Å². The van der Waals surface area contributed by atoms with Crippen molar-refractivity contribution in [3.63, 3.8) is 0 Å². The van der Waals surface area contributed by atoms with Crippen LogP contribution in [0, 0.1) is 11.7 Å². The molecule has 0 saturated heterocycles. The van der Waals surface area contributed by atoms with E-state index >= 15 is 0 Å². The zero-order valence-electron chi connectivity index (χ0n) is 13.9. The molecule has 0 aliphatic heterocycles. The number of furan rings is 1. The summed E-state index contributed by atoms with van der Waals surface area (Å²) in [5, 5.41) is 3.59. The highest BCUT2D eigenvalue weighted by molar-refractivity contribution is 6.30. The monoisotopic (exact) mass is 369 g/mol. The van der Waals surface area contributed by atoms with E-state index in [2.05, 4.69) is 5.32 Å². The largest absolute Gasteiger partial charge is 0.459 e. The van der Waals surface area contributed by atoms with Crippen LogP contribution in [-0.2, 0) is 11.3 Å². The topological polar surface area (TPSA) is 42.2 Å². The van der Waals surface area contributed by atoms with Gasteiger partial charge in [-0.1, -0.05) is 23.7 Å². The van der Waals surface area contributed by atoms with Gasteiger partial charge in [0, 0.05) is 16.5 Å². The van der Waals surface area contributed by atoms with E-state index in [1.165, 1.54) is 12.1 Å². The minimum absolute atomic E-state index is 0.00349. The second kappa shape index (κ2) is 6.96. The first kappa shape index (κ1) is 16.9. The lowest BCUT2D eigenvalue weighted by Gasteiger charge is -2.04. The number of amides is 1. The molecule has 1 heterocycles. The van der Waals surface area contributed by atoms with Crippen LogP contribution in [0.15, 0.2) is 65.1 Å². The summed E-state index contributed by atoms with van der Waals surface area (Å²) in [6.07, 6.45) is 0.797. The highest BCUT2D eigenvalue weighted by Gasteiger charge is 2.43. The molecule has 1 aromatic heterocycles. The van der Waals surface area contributed by atoms with E-state index in [4.69, 9.17) is 16.0 Å². The fourth-order valence-corrected chi connectivity index (χ4v) is 3.24. The molecule has 3 aromatic rings. The molecule has 132 valence electrons. The van der Waals surface area contributed by atoms with Crippen molar-refractivity contribution in [2.45, 2.75) is 18.9 Å². The summed E-state index contributed by atoms with van der Waals surface area (Å²) in [5.41, 5.74) is 1.94. The molecule has 1 saturated carbocycles. The van der Waals surface area contributed by atoms with Crippen molar-refractivity contribution in [1.82, 2.24) is 5.32 Å². The highest BCUT2D eigenvalue weighted by Crippen LogP contribution is 2.47. The van der Waals surface area contributed by atoms with E-state index in [0.717, 1.165) is 23.3 Å². The van der Waals surface area contributed by atoms with Crippen LogP contribution in [0.4, 0.5) is 4.39 Å². The summed E-state index contributed by atoms with van der Waals surface area (Å²) in [5.74, 6) is 1.31. The Morgan fingerprint density at radius 3 is 2.54 bits per heavy atom. The Bertz CT molecular complexity index is 918. The molecule has 0 radical (unpaired) electrons. The van der Waals surface area contributed by atoms with Gasteiger partial charge in [0.15, 0.2) is 0 Å². The van der Waals surface area contributed by atoms with Crippen LogP contribution in [-0.4, -0.2) is 5.91 Å². The second-order valence-corrected chi connectivity index (χ2v) is 6.93. The lowest BCUT2D eigenvalue weighted by atomic mass is 10.1.